The summed E-state index contributed by atoms with van der Waals surface area (Å²) in [6.07, 6.45) is 3.57. The molecule has 0 fully saturated rings. The molecule has 0 unspecified atom stereocenters. The Kier molecular flexibility index (Phi) is 11.6. The summed E-state index contributed by atoms with van der Waals surface area (Å²) in [5.74, 6) is -0.152. The second kappa shape index (κ2) is 14.4. The molecule has 0 spiro atoms. The Labute approximate surface area is 229 Å². The number of ether oxygens (including phenoxy) is 1. The fourth-order valence-corrected chi connectivity index (χ4v) is 3.84. The first-order chi connectivity index (χ1) is 17.0. The third kappa shape index (κ3) is 8.30. The molecule has 37 heavy (non-hydrogen) atoms. The first kappa shape index (κ1) is 29.8. The monoisotopic (exact) mass is 540 g/mol. The van der Waals surface area contributed by atoms with E-state index in [0.717, 1.165) is 28.7 Å². The molecule has 0 aliphatic heterocycles. The molecular weight excluding hydrogens is 511 g/mol. The summed E-state index contributed by atoms with van der Waals surface area (Å²) in [5.41, 5.74) is 3.91. The highest BCUT2D eigenvalue weighted by atomic mass is 35.5. The van der Waals surface area contributed by atoms with E-state index in [0.29, 0.717) is 18.0 Å². The van der Waals surface area contributed by atoms with Crippen molar-refractivity contribution in [3.8, 4) is 22.6 Å². The van der Waals surface area contributed by atoms with Crippen LogP contribution in [0.15, 0.2) is 97.3 Å². The number of hydrogen-bond donors (Lipinski definition) is 3. The van der Waals surface area contributed by atoms with Crippen molar-refractivity contribution >= 4 is 30.8 Å². The van der Waals surface area contributed by atoms with Gasteiger partial charge in [-0.15, -0.1) is 24.8 Å². The highest BCUT2D eigenvalue weighted by Gasteiger charge is 2.14. The minimum Gasteiger partial charge on any atom is -0.478 e. The molecule has 0 saturated heterocycles. The maximum Gasteiger partial charge on any atom is 0.339 e. The van der Waals surface area contributed by atoms with Crippen LogP contribution in [0.2, 0.25) is 0 Å². The number of halogens is 2. The summed E-state index contributed by atoms with van der Waals surface area (Å²) in [7, 11) is 0. The van der Waals surface area contributed by atoms with E-state index < -0.39 is 12.1 Å². The number of carbonyl (C=O) groups is 1. The highest BCUT2D eigenvalue weighted by molar-refractivity contribution is 5.92. The van der Waals surface area contributed by atoms with Crippen LogP contribution in [0.25, 0.3) is 11.1 Å². The summed E-state index contributed by atoms with van der Waals surface area (Å²) in [6.45, 7) is 2.53. The predicted octanol–water partition coefficient (Wildman–Crippen LogP) is 6.34. The summed E-state index contributed by atoms with van der Waals surface area (Å²) in [4.78, 5) is 15.7. The van der Waals surface area contributed by atoms with Crippen LogP contribution in [-0.2, 0) is 6.42 Å². The summed E-state index contributed by atoms with van der Waals surface area (Å²) < 4.78 is 5.87. The average molecular weight is 541 g/mol. The number of rotatable bonds is 10. The molecule has 4 rings (SSSR count). The van der Waals surface area contributed by atoms with Crippen molar-refractivity contribution in [1.29, 1.82) is 0 Å². The van der Waals surface area contributed by atoms with Crippen LogP contribution >= 0.6 is 24.8 Å². The van der Waals surface area contributed by atoms with Crippen LogP contribution in [0.5, 0.6) is 11.5 Å². The number of aromatic nitrogens is 1. The van der Waals surface area contributed by atoms with Gasteiger partial charge in [0, 0.05) is 30.5 Å². The number of nitrogens with one attached hydrogen (secondary N) is 1. The Bertz CT molecular complexity index is 1260. The molecule has 0 saturated carbocycles. The van der Waals surface area contributed by atoms with Crippen LogP contribution in [0, 0.1) is 0 Å². The number of aromatic carboxylic acids is 1. The molecule has 0 radical (unpaired) electrons. The number of nitrogens with zero attached hydrogens (tertiary/aromatic N) is 1. The number of aliphatic hydroxyl groups excluding tert-OH is 1. The lowest BCUT2D eigenvalue weighted by atomic mass is 9.99. The Morgan fingerprint density at radius 1 is 0.946 bits per heavy atom. The zero-order valence-electron chi connectivity index (χ0n) is 20.3. The van der Waals surface area contributed by atoms with Crippen molar-refractivity contribution in [3.05, 3.63) is 114 Å². The van der Waals surface area contributed by atoms with Gasteiger partial charge in [-0.3, -0.25) is 4.98 Å². The Morgan fingerprint density at radius 3 is 2.30 bits per heavy atom. The largest absolute Gasteiger partial charge is 0.478 e. The fourth-order valence-electron chi connectivity index (χ4n) is 3.84. The van der Waals surface area contributed by atoms with E-state index in [4.69, 9.17) is 4.74 Å². The fraction of sp³-hybridized carbons (Fsp3) is 0.172. The minimum absolute atomic E-state index is 0. The topological polar surface area (TPSA) is 91.7 Å². The Balaban J connectivity index is 0.00000241. The lowest BCUT2D eigenvalue weighted by Gasteiger charge is -2.17. The summed E-state index contributed by atoms with van der Waals surface area (Å²) >= 11 is 0. The van der Waals surface area contributed by atoms with Gasteiger partial charge in [0.05, 0.1) is 6.10 Å². The molecule has 4 aromatic rings. The van der Waals surface area contributed by atoms with E-state index in [9.17, 15) is 15.0 Å². The van der Waals surface area contributed by atoms with E-state index in [-0.39, 0.29) is 36.4 Å². The number of aliphatic hydroxyl groups is 1. The van der Waals surface area contributed by atoms with Gasteiger partial charge in [0.2, 0.25) is 0 Å². The summed E-state index contributed by atoms with van der Waals surface area (Å²) in [5, 5.41) is 23.3. The molecule has 6 nitrogen and oxygen atoms in total. The molecule has 0 bridgehead atoms. The first-order valence-electron chi connectivity index (χ1n) is 11.5. The number of para-hydroxylation sites is 1. The molecule has 0 aliphatic carbocycles. The zero-order valence-corrected chi connectivity index (χ0v) is 21.9. The average Bonchev–Trinajstić information content (AvgIpc) is 2.88. The van der Waals surface area contributed by atoms with Crippen LogP contribution < -0.4 is 10.1 Å². The number of carboxylic acids is 1. The van der Waals surface area contributed by atoms with Gasteiger partial charge in [-0.1, -0.05) is 54.6 Å². The van der Waals surface area contributed by atoms with Crippen molar-refractivity contribution in [2.45, 2.75) is 25.5 Å². The quantitative estimate of drug-likeness (QED) is 0.217. The Morgan fingerprint density at radius 2 is 1.65 bits per heavy atom. The molecule has 1 heterocycles. The Hall–Kier alpha value is -3.42. The van der Waals surface area contributed by atoms with Crippen molar-refractivity contribution in [1.82, 2.24) is 10.3 Å². The maximum atomic E-state index is 11.7. The van der Waals surface area contributed by atoms with Crippen molar-refractivity contribution in [2.75, 3.05) is 6.54 Å². The number of pyridine rings is 1. The van der Waals surface area contributed by atoms with E-state index in [1.165, 1.54) is 0 Å². The van der Waals surface area contributed by atoms with Crippen molar-refractivity contribution in [2.24, 2.45) is 0 Å². The van der Waals surface area contributed by atoms with Crippen LogP contribution in [-0.4, -0.2) is 33.8 Å². The molecule has 8 heteroatoms. The lowest BCUT2D eigenvalue weighted by molar-refractivity contribution is 0.0694. The lowest BCUT2D eigenvalue weighted by Crippen LogP contribution is -2.32. The third-order valence-electron chi connectivity index (χ3n) is 5.74. The van der Waals surface area contributed by atoms with Gasteiger partial charge in [0.25, 0.3) is 0 Å². The van der Waals surface area contributed by atoms with Gasteiger partial charge in [0.15, 0.2) is 0 Å². The molecule has 0 aliphatic rings. The van der Waals surface area contributed by atoms with E-state index >= 15 is 0 Å². The highest BCUT2D eigenvalue weighted by Crippen LogP contribution is 2.31. The molecule has 1 aromatic heterocycles. The second-order valence-corrected chi connectivity index (χ2v) is 8.44. The van der Waals surface area contributed by atoms with Gasteiger partial charge >= 0.3 is 5.97 Å². The smallest absolute Gasteiger partial charge is 0.339 e. The van der Waals surface area contributed by atoms with E-state index in [1.54, 1.807) is 42.7 Å². The molecule has 2 atom stereocenters. The van der Waals surface area contributed by atoms with Crippen LogP contribution in [0.3, 0.4) is 0 Å². The number of benzene rings is 3. The zero-order chi connectivity index (χ0) is 24.6. The van der Waals surface area contributed by atoms with Crippen LogP contribution in [0.1, 0.15) is 34.5 Å². The van der Waals surface area contributed by atoms with Crippen molar-refractivity contribution < 1.29 is 19.7 Å². The molecule has 3 aromatic carbocycles. The molecular formula is C29H30Cl2N2O4. The van der Waals surface area contributed by atoms with Gasteiger partial charge in [0.1, 0.15) is 17.1 Å². The molecule has 3 N–H and O–H groups in total. The first-order valence-corrected chi connectivity index (χ1v) is 11.5. The SMILES string of the molecule is C[C@H](Cc1ccc(-c2ccc(C(=O)O)c(Oc3ccccc3)c2)cc1)NC[C@@H](O)c1cccnc1.Cl.Cl. The predicted molar refractivity (Wildman–Crippen MR) is 150 cm³/mol. The normalized spacial score (nSPS) is 11.9. The number of carboxylic acid groups (broad SMARTS) is 1. The second-order valence-electron chi connectivity index (χ2n) is 8.44. The van der Waals surface area contributed by atoms with Gasteiger partial charge in [-0.25, -0.2) is 4.79 Å². The van der Waals surface area contributed by atoms with Crippen molar-refractivity contribution in [3.63, 3.8) is 0 Å². The van der Waals surface area contributed by atoms with Gasteiger partial charge in [-0.2, -0.15) is 0 Å². The van der Waals surface area contributed by atoms with Crippen LogP contribution in [0.4, 0.5) is 0 Å². The van der Waals surface area contributed by atoms with Gasteiger partial charge in [-0.05, 0) is 60.4 Å². The maximum absolute atomic E-state index is 11.7. The third-order valence-corrected chi connectivity index (χ3v) is 5.74. The number of hydrogen-bond acceptors (Lipinski definition) is 5. The van der Waals surface area contributed by atoms with E-state index in [1.807, 2.05) is 42.5 Å². The molecule has 194 valence electrons. The molecule has 0 amide bonds. The van der Waals surface area contributed by atoms with Gasteiger partial charge < -0.3 is 20.3 Å². The standard InChI is InChI=1S/C29H28N2O4.2ClH/c1-20(31-19-27(32)24-6-5-15-30-18-24)16-21-9-11-22(12-10-21)23-13-14-26(29(33)34)28(17-23)35-25-7-3-2-4-8-25;;/h2-15,17-18,20,27,31-32H,16,19H2,1H3,(H,33,34);2*1H/t20-,27-;;/m1../s1. The van der Waals surface area contributed by atoms with E-state index in [2.05, 4.69) is 29.4 Å². The minimum atomic E-state index is -1.03. The summed E-state index contributed by atoms with van der Waals surface area (Å²) in [6, 6.07) is 26.3.